The molecule has 0 saturated carbocycles. The van der Waals surface area contributed by atoms with Crippen LogP contribution in [0.25, 0.3) is 0 Å². The molecule has 0 N–H and O–H groups in total. The quantitative estimate of drug-likeness (QED) is 0.255. The van der Waals surface area contributed by atoms with Crippen LogP contribution >= 0.6 is 0 Å². The third-order valence-electron chi connectivity index (χ3n) is 3.97. The van der Waals surface area contributed by atoms with E-state index in [2.05, 4.69) is 4.74 Å². The summed E-state index contributed by atoms with van der Waals surface area (Å²) in [5.41, 5.74) is -1.06. The van der Waals surface area contributed by atoms with Gasteiger partial charge in [-0.1, -0.05) is 12.2 Å². The molecule has 2 bridgehead atoms. The van der Waals surface area contributed by atoms with Crippen molar-refractivity contribution >= 4 is 5.97 Å². The number of ether oxygens (including phenoxy) is 1. The van der Waals surface area contributed by atoms with Crippen LogP contribution < -0.4 is 0 Å². The first kappa shape index (κ1) is 15.8. The largest absolute Gasteiger partial charge is 0.490 e. The van der Waals surface area contributed by atoms with Crippen molar-refractivity contribution in [2.24, 2.45) is 0 Å². The molecule has 0 radical (unpaired) electrons. The van der Waals surface area contributed by atoms with Crippen LogP contribution in [0.3, 0.4) is 0 Å². The highest BCUT2D eigenvalue weighted by Gasteiger charge is 2.48. The third-order valence-corrected chi connectivity index (χ3v) is 3.97. The molecule has 0 spiro atoms. The van der Waals surface area contributed by atoms with Gasteiger partial charge < -0.3 is 4.74 Å². The van der Waals surface area contributed by atoms with Crippen molar-refractivity contribution in [3.63, 3.8) is 0 Å². The normalized spacial score (nSPS) is 25.4. The van der Waals surface area contributed by atoms with E-state index in [0.717, 1.165) is 0 Å². The Morgan fingerprint density at radius 2 is 1.52 bits per heavy atom. The SMILES string of the molecule is O=C(O[C@H]1C[C@@H]2C=C[C@H]1c1c(F)c(F)c(F)c(F)c12)C(F)(F)F. The average molecular weight is 340 g/mol. The maximum absolute atomic E-state index is 13.9. The fourth-order valence-electron chi connectivity index (χ4n) is 3.03. The van der Waals surface area contributed by atoms with Gasteiger partial charge in [0.15, 0.2) is 23.3 Å². The third kappa shape index (κ3) is 2.29. The van der Waals surface area contributed by atoms with Gasteiger partial charge in [0.1, 0.15) is 6.10 Å². The molecule has 0 aliphatic heterocycles. The number of alkyl halides is 3. The number of benzene rings is 1. The van der Waals surface area contributed by atoms with Gasteiger partial charge in [0, 0.05) is 23.0 Å². The van der Waals surface area contributed by atoms with Gasteiger partial charge in [0.25, 0.3) is 0 Å². The molecular weight excluding hydrogens is 333 g/mol. The van der Waals surface area contributed by atoms with Crippen molar-refractivity contribution < 1.29 is 40.3 Å². The predicted octanol–water partition coefficient (Wildman–Crippen LogP) is 3.86. The highest BCUT2D eigenvalue weighted by atomic mass is 19.4. The number of hydrogen-bond acceptors (Lipinski definition) is 2. The van der Waals surface area contributed by atoms with Crippen LogP contribution in [0.15, 0.2) is 12.2 Å². The summed E-state index contributed by atoms with van der Waals surface area (Å²) in [5, 5.41) is 0. The van der Waals surface area contributed by atoms with Gasteiger partial charge in [-0.25, -0.2) is 22.4 Å². The Morgan fingerprint density at radius 3 is 2.09 bits per heavy atom. The number of allylic oxidation sites excluding steroid dienone is 1. The van der Waals surface area contributed by atoms with Crippen molar-refractivity contribution in [2.45, 2.75) is 30.5 Å². The minimum atomic E-state index is -5.25. The van der Waals surface area contributed by atoms with E-state index < -0.39 is 64.5 Å². The highest BCUT2D eigenvalue weighted by Crippen LogP contribution is 2.49. The van der Waals surface area contributed by atoms with E-state index in [0.29, 0.717) is 0 Å². The van der Waals surface area contributed by atoms with E-state index in [9.17, 15) is 35.5 Å². The minimum absolute atomic E-state index is 0.280. The number of halogens is 7. The maximum Gasteiger partial charge on any atom is 0.490 e. The molecule has 2 nitrogen and oxygen atoms in total. The summed E-state index contributed by atoms with van der Waals surface area (Å²) in [6, 6.07) is 0. The molecule has 1 aromatic rings. The van der Waals surface area contributed by atoms with Crippen molar-refractivity contribution in [1.29, 1.82) is 0 Å². The first-order valence-electron chi connectivity index (χ1n) is 6.44. The number of esters is 1. The van der Waals surface area contributed by atoms with Crippen molar-refractivity contribution in [2.75, 3.05) is 0 Å². The molecule has 0 aromatic heterocycles. The Bertz CT molecular complexity index is 723. The molecule has 9 heteroatoms. The van der Waals surface area contributed by atoms with Crippen LogP contribution in [0.4, 0.5) is 30.7 Å². The molecule has 3 aliphatic rings. The molecule has 0 unspecified atom stereocenters. The molecule has 0 heterocycles. The van der Waals surface area contributed by atoms with Gasteiger partial charge in [-0.2, -0.15) is 13.2 Å². The Morgan fingerprint density at radius 1 is 0.957 bits per heavy atom. The fourth-order valence-corrected chi connectivity index (χ4v) is 3.03. The zero-order valence-electron chi connectivity index (χ0n) is 11.1. The average Bonchev–Trinajstić information content (AvgIpc) is 2.49. The standard InChI is InChI=1S/C14H7F7O2/c15-9-7-4-1-2-5(8(7)10(16)12(18)11(9)17)6(3-4)23-13(22)14(19,20)21/h1-2,4-6H,3H2/t4-,5+,6-/m0/s1. The van der Waals surface area contributed by atoms with Crippen molar-refractivity contribution in [3.8, 4) is 0 Å². The summed E-state index contributed by atoms with van der Waals surface area (Å²) in [6.45, 7) is 0. The van der Waals surface area contributed by atoms with Crippen LogP contribution in [0.5, 0.6) is 0 Å². The minimum Gasteiger partial charge on any atom is -0.455 e. The first-order chi connectivity index (χ1) is 10.6. The molecule has 0 amide bonds. The van der Waals surface area contributed by atoms with Crippen LogP contribution in [-0.2, 0) is 9.53 Å². The van der Waals surface area contributed by atoms with Gasteiger partial charge in [-0.3, -0.25) is 0 Å². The summed E-state index contributed by atoms with van der Waals surface area (Å²) in [5.74, 6) is -12.1. The molecular formula is C14H7F7O2. The topological polar surface area (TPSA) is 26.3 Å². The second kappa shape index (κ2) is 4.97. The van der Waals surface area contributed by atoms with Crippen LogP contribution in [0.2, 0.25) is 0 Å². The molecule has 124 valence electrons. The summed E-state index contributed by atoms with van der Waals surface area (Å²) in [6.07, 6.45) is -4.43. The van der Waals surface area contributed by atoms with E-state index in [1.54, 1.807) is 0 Å². The van der Waals surface area contributed by atoms with Gasteiger partial charge in [-0.05, 0) is 6.42 Å². The summed E-state index contributed by atoms with van der Waals surface area (Å²) >= 11 is 0. The summed E-state index contributed by atoms with van der Waals surface area (Å²) in [4.78, 5) is 10.9. The molecule has 4 rings (SSSR count). The second-order valence-corrected chi connectivity index (χ2v) is 5.28. The molecule has 3 atom stereocenters. The molecule has 23 heavy (non-hydrogen) atoms. The number of hydrogen-bond donors (Lipinski definition) is 0. The number of carbonyl (C=O) groups is 1. The Labute approximate surface area is 124 Å². The Balaban J connectivity index is 2.04. The van der Waals surface area contributed by atoms with Gasteiger partial charge in [0.2, 0.25) is 0 Å². The molecule has 1 aromatic carbocycles. The zero-order chi connectivity index (χ0) is 17.1. The summed E-state index contributed by atoms with van der Waals surface area (Å²) in [7, 11) is 0. The van der Waals surface area contributed by atoms with Crippen LogP contribution in [-0.4, -0.2) is 18.2 Å². The lowest BCUT2D eigenvalue weighted by Crippen LogP contribution is -2.39. The van der Waals surface area contributed by atoms with E-state index in [1.165, 1.54) is 12.2 Å². The van der Waals surface area contributed by atoms with E-state index in [1.807, 2.05) is 0 Å². The second-order valence-electron chi connectivity index (χ2n) is 5.28. The van der Waals surface area contributed by atoms with Crippen LogP contribution in [0, 0.1) is 23.3 Å². The van der Waals surface area contributed by atoms with E-state index >= 15 is 0 Å². The zero-order valence-corrected chi connectivity index (χ0v) is 11.1. The lowest BCUT2D eigenvalue weighted by atomic mass is 9.69. The van der Waals surface area contributed by atoms with Gasteiger partial charge >= 0.3 is 12.1 Å². The fraction of sp³-hybridized carbons (Fsp3) is 0.357. The lowest BCUT2D eigenvalue weighted by Gasteiger charge is -2.39. The van der Waals surface area contributed by atoms with Crippen LogP contribution in [0.1, 0.15) is 29.4 Å². The molecule has 0 saturated heterocycles. The number of carbonyl (C=O) groups excluding carboxylic acids is 1. The smallest absolute Gasteiger partial charge is 0.455 e. The van der Waals surface area contributed by atoms with Gasteiger partial charge in [0.05, 0.1) is 0 Å². The summed E-state index contributed by atoms with van der Waals surface area (Å²) < 4.78 is 95.6. The van der Waals surface area contributed by atoms with Crippen molar-refractivity contribution in [1.82, 2.24) is 0 Å². The molecule has 3 aliphatic carbocycles. The number of rotatable bonds is 1. The highest BCUT2D eigenvalue weighted by molar-refractivity contribution is 5.76. The maximum atomic E-state index is 13.9. The number of fused-ring (bicyclic) bond motifs is 1. The Hall–Kier alpha value is -2.06. The monoisotopic (exact) mass is 340 g/mol. The molecule has 0 fully saturated rings. The predicted molar refractivity (Wildman–Crippen MR) is 61.4 cm³/mol. The Kier molecular flexibility index (Phi) is 3.42. The van der Waals surface area contributed by atoms with Crippen molar-refractivity contribution in [3.05, 3.63) is 46.5 Å². The van der Waals surface area contributed by atoms with E-state index in [-0.39, 0.29) is 6.42 Å². The lowest BCUT2D eigenvalue weighted by molar-refractivity contribution is -0.206. The first-order valence-corrected chi connectivity index (χ1v) is 6.44. The van der Waals surface area contributed by atoms with E-state index in [4.69, 9.17) is 0 Å². The van der Waals surface area contributed by atoms with Gasteiger partial charge in [-0.15, -0.1) is 0 Å².